The van der Waals surface area contributed by atoms with Crippen LogP contribution in [0.2, 0.25) is 0 Å². The maximum absolute atomic E-state index is 12.4. The Hall–Kier alpha value is -3.16. The third kappa shape index (κ3) is 4.16. The first-order valence-electron chi connectivity index (χ1n) is 8.06. The molecule has 0 saturated carbocycles. The summed E-state index contributed by atoms with van der Waals surface area (Å²) in [4.78, 5) is 24.4. The standard InChI is InChI=1S/C19H22O8/c1-10-6-13(20)17(19(22)27-10)12(9-16(21)25-4)11-7-14(23-2)18(26-5)15(8-11)24-3/h6-8,12,20H,9H2,1-5H3/t12-/m0/s1. The minimum atomic E-state index is -0.844. The van der Waals surface area contributed by atoms with Gasteiger partial charge in [-0.15, -0.1) is 0 Å². The number of hydrogen-bond acceptors (Lipinski definition) is 8. The van der Waals surface area contributed by atoms with Crippen LogP contribution >= 0.6 is 0 Å². The summed E-state index contributed by atoms with van der Waals surface area (Å²) in [6, 6.07) is 4.53. The number of carbonyl (C=O) groups excluding carboxylic acids is 1. The summed E-state index contributed by atoms with van der Waals surface area (Å²) in [5.41, 5.74) is -0.309. The highest BCUT2D eigenvalue weighted by Crippen LogP contribution is 2.42. The van der Waals surface area contributed by atoms with Crippen molar-refractivity contribution in [3.8, 4) is 23.0 Å². The fourth-order valence-electron chi connectivity index (χ4n) is 2.87. The van der Waals surface area contributed by atoms with Gasteiger partial charge >= 0.3 is 11.6 Å². The van der Waals surface area contributed by atoms with Crippen LogP contribution in [0.25, 0.3) is 0 Å². The van der Waals surface area contributed by atoms with Gasteiger partial charge in [0, 0.05) is 12.0 Å². The normalized spacial score (nSPS) is 11.6. The molecule has 146 valence electrons. The first kappa shape index (κ1) is 20.2. The van der Waals surface area contributed by atoms with Crippen molar-refractivity contribution in [3.63, 3.8) is 0 Å². The van der Waals surface area contributed by atoms with Crippen molar-refractivity contribution in [2.75, 3.05) is 28.4 Å². The van der Waals surface area contributed by atoms with E-state index in [1.165, 1.54) is 34.5 Å². The van der Waals surface area contributed by atoms with Gasteiger partial charge in [0.05, 0.1) is 40.4 Å². The van der Waals surface area contributed by atoms with Crippen LogP contribution in [-0.4, -0.2) is 39.5 Å². The topological polar surface area (TPSA) is 104 Å². The van der Waals surface area contributed by atoms with Gasteiger partial charge in [-0.3, -0.25) is 4.79 Å². The van der Waals surface area contributed by atoms with E-state index in [-0.39, 0.29) is 23.5 Å². The van der Waals surface area contributed by atoms with Crippen LogP contribution in [0.3, 0.4) is 0 Å². The van der Waals surface area contributed by atoms with Gasteiger partial charge in [0.2, 0.25) is 5.75 Å². The average molecular weight is 378 g/mol. The molecule has 2 aromatic rings. The molecule has 0 aliphatic carbocycles. The van der Waals surface area contributed by atoms with Crippen molar-refractivity contribution < 1.29 is 33.3 Å². The van der Waals surface area contributed by atoms with Crippen LogP contribution in [0.4, 0.5) is 0 Å². The second kappa shape index (κ2) is 8.48. The first-order chi connectivity index (χ1) is 12.9. The fraction of sp³-hybridized carbons (Fsp3) is 0.368. The number of hydrogen-bond donors (Lipinski definition) is 1. The van der Waals surface area contributed by atoms with E-state index in [9.17, 15) is 14.7 Å². The lowest BCUT2D eigenvalue weighted by atomic mass is 9.88. The first-order valence-corrected chi connectivity index (χ1v) is 8.06. The maximum Gasteiger partial charge on any atom is 0.343 e. The van der Waals surface area contributed by atoms with Crippen molar-refractivity contribution in [2.24, 2.45) is 0 Å². The zero-order chi connectivity index (χ0) is 20.1. The molecule has 1 N–H and O–H groups in total. The molecule has 8 heteroatoms. The van der Waals surface area contributed by atoms with Gasteiger partial charge in [-0.05, 0) is 24.6 Å². The predicted octanol–water partition coefficient (Wildman–Crippen LogP) is 2.37. The van der Waals surface area contributed by atoms with E-state index in [1.807, 2.05) is 0 Å². The Labute approximate surface area is 156 Å². The van der Waals surface area contributed by atoms with Gasteiger partial charge in [0.1, 0.15) is 11.5 Å². The summed E-state index contributed by atoms with van der Waals surface area (Å²) < 4.78 is 25.8. The van der Waals surface area contributed by atoms with Crippen LogP contribution in [0, 0.1) is 6.92 Å². The molecule has 0 fully saturated rings. The highest BCUT2D eigenvalue weighted by Gasteiger charge is 2.28. The summed E-state index contributed by atoms with van der Waals surface area (Å²) in [7, 11) is 5.61. The lowest BCUT2D eigenvalue weighted by Crippen LogP contribution is -2.18. The number of rotatable bonds is 7. The molecule has 1 heterocycles. The number of ether oxygens (including phenoxy) is 4. The number of carbonyl (C=O) groups is 1. The number of methoxy groups -OCH3 is 4. The Morgan fingerprint density at radius 3 is 2.11 bits per heavy atom. The predicted molar refractivity (Wildman–Crippen MR) is 96.0 cm³/mol. The third-order valence-corrected chi connectivity index (χ3v) is 4.13. The maximum atomic E-state index is 12.4. The summed E-state index contributed by atoms with van der Waals surface area (Å²) in [5.74, 6) is -0.373. The lowest BCUT2D eigenvalue weighted by Gasteiger charge is -2.20. The number of aromatic hydroxyl groups is 1. The van der Waals surface area contributed by atoms with Crippen molar-refractivity contribution >= 4 is 5.97 Å². The second-order valence-corrected chi connectivity index (χ2v) is 5.73. The van der Waals surface area contributed by atoms with Gasteiger partial charge in [0.25, 0.3) is 0 Å². The summed E-state index contributed by atoms with van der Waals surface area (Å²) in [5, 5.41) is 10.3. The molecular formula is C19H22O8. The highest BCUT2D eigenvalue weighted by atomic mass is 16.5. The zero-order valence-corrected chi connectivity index (χ0v) is 15.8. The van der Waals surface area contributed by atoms with Crippen LogP contribution in [-0.2, 0) is 9.53 Å². The monoisotopic (exact) mass is 378 g/mol. The molecule has 0 spiro atoms. The minimum Gasteiger partial charge on any atom is -0.507 e. The number of benzene rings is 1. The largest absolute Gasteiger partial charge is 0.507 e. The van der Waals surface area contributed by atoms with E-state index in [4.69, 9.17) is 23.4 Å². The fourth-order valence-corrected chi connectivity index (χ4v) is 2.87. The SMILES string of the molecule is COC(=O)C[C@@H](c1cc(OC)c(OC)c(OC)c1)c1c(O)cc(C)oc1=O. The van der Waals surface area contributed by atoms with E-state index in [0.29, 0.717) is 22.8 Å². The van der Waals surface area contributed by atoms with Crippen molar-refractivity contribution in [3.05, 3.63) is 45.5 Å². The van der Waals surface area contributed by atoms with E-state index in [1.54, 1.807) is 19.1 Å². The smallest absolute Gasteiger partial charge is 0.343 e. The molecule has 1 aromatic carbocycles. The van der Waals surface area contributed by atoms with Gasteiger partial charge < -0.3 is 28.5 Å². The highest BCUT2D eigenvalue weighted by molar-refractivity contribution is 5.72. The van der Waals surface area contributed by atoms with Crippen LogP contribution < -0.4 is 19.8 Å². The van der Waals surface area contributed by atoms with Crippen LogP contribution in [0.15, 0.2) is 27.4 Å². The molecule has 0 amide bonds. The Morgan fingerprint density at radius 1 is 1.07 bits per heavy atom. The molecule has 27 heavy (non-hydrogen) atoms. The van der Waals surface area contributed by atoms with Crippen molar-refractivity contribution in [1.82, 2.24) is 0 Å². The Morgan fingerprint density at radius 2 is 1.67 bits per heavy atom. The molecule has 2 rings (SSSR count). The number of esters is 1. The summed E-state index contributed by atoms with van der Waals surface area (Å²) in [6.45, 7) is 1.54. The Kier molecular flexibility index (Phi) is 6.33. The van der Waals surface area contributed by atoms with Crippen LogP contribution in [0.1, 0.15) is 29.2 Å². The average Bonchev–Trinajstić information content (AvgIpc) is 2.64. The zero-order valence-electron chi connectivity index (χ0n) is 15.8. The van der Waals surface area contributed by atoms with Gasteiger partial charge in [0.15, 0.2) is 11.5 Å². The van der Waals surface area contributed by atoms with Crippen molar-refractivity contribution in [2.45, 2.75) is 19.3 Å². The van der Waals surface area contributed by atoms with E-state index in [0.717, 1.165) is 0 Å². The van der Waals surface area contributed by atoms with Gasteiger partial charge in [-0.1, -0.05) is 0 Å². The molecular weight excluding hydrogens is 356 g/mol. The van der Waals surface area contributed by atoms with E-state index < -0.39 is 17.5 Å². The third-order valence-electron chi connectivity index (χ3n) is 4.13. The van der Waals surface area contributed by atoms with Gasteiger partial charge in [-0.25, -0.2) is 4.79 Å². The molecule has 0 aliphatic rings. The summed E-state index contributed by atoms with van der Waals surface area (Å²) >= 11 is 0. The molecule has 1 aromatic heterocycles. The summed E-state index contributed by atoms with van der Waals surface area (Å²) in [6.07, 6.45) is -0.198. The molecule has 0 saturated heterocycles. The molecule has 0 radical (unpaired) electrons. The molecule has 0 bridgehead atoms. The minimum absolute atomic E-state index is 0.0553. The van der Waals surface area contributed by atoms with Crippen molar-refractivity contribution in [1.29, 1.82) is 0 Å². The molecule has 8 nitrogen and oxygen atoms in total. The van der Waals surface area contributed by atoms with E-state index >= 15 is 0 Å². The van der Waals surface area contributed by atoms with Gasteiger partial charge in [-0.2, -0.15) is 0 Å². The lowest BCUT2D eigenvalue weighted by molar-refractivity contribution is -0.140. The Bertz CT molecular complexity index is 859. The van der Waals surface area contributed by atoms with E-state index in [2.05, 4.69) is 0 Å². The second-order valence-electron chi connectivity index (χ2n) is 5.73. The molecule has 0 aliphatic heterocycles. The molecule has 0 unspecified atom stereocenters. The molecule has 1 atom stereocenters. The van der Waals surface area contributed by atoms with Crippen LogP contribution in [0.5, 0.6) is 23.0 Å². The Balaban J connectivity index is 2.73. The number of aryl methyl sites for hydroxylation is 1. The quantitative estimate of drug-likeness (QED) is 0.732.